The third-order valence-corrected chi connectivity index (χ3v) is 5.40. The second-order valence-electron chi connectivity index (χ2n) is 7.69. The number of benzene rings is 1. The van der Waals surface area contributed by atoms with E-state index < -0.39 is 6.86 Å². The summed E-state index contributed by atoms with van der Waals surface area (Å²) in [6.45, 7) is 4.87. The van der Waals surface area contributed by atoms with Gasteiger partial charge in [0.15, 0.2) is 0 Å². The van der Waals surface area contributed by atoms with Crippen LogP contribution in [0.5, 0.6) is 5.75 Å². The monoisotopic (exact) mass is 474 g/mol. The van der Waals surface area contributed by atoms with E-state index in [0.717, 1.165) is 5.56 Å². The fourth-order valence-corrected chi connectivity index (χ4v) is 3.59. The van der Waals surface area contributed by atoms with Crippen molar-refractivity contribution in [3.63, 3.8) is 0 Å². The second-order valence-corrected chi connectivity index (χ2v) is 8.09. The minimum absolute atomic E-state index is 0.131. The van der Waals surface area contributed by atoms with Gasteiger partial charge in [-0.05, 0) is 26.0 Å². The fraction of sp³-hybridized carbons (Fsp3) is 0.364. The first-order valence-electron chi connectivity index (χ1n) is 10.5. The predicted octanol–water partition coefficient (Wildman–Crippen LogP) is 4.10. The molecule has 11 heteroatoms. The third-order valence-electron chi connectivity index (χ3n) is 5.12. The summed E-state index contributed by atoms with van der Waals surface area (Å²) in [5, 5.41) is 7.77. The van der Waals surface area contributed by atoms with Crippen LogP contribution in [0.25, 0.3) is 11.3 Å². The van der Waals surface area contributed by atoms with E-state index in [2.05, 4.69) is 20.4 Å². The number of morpholine rings is 1. The summed E-state index contributed by atoms with van der Waals surface area (Å²) in [5.41, 5.74) is 2.09. The van der Waals surface area contributed by atoms with Gasteiger partial charge < -0.3 is 19.7 Å². The largest absolute Gasteiger partial charge is 0.462 e. The van der Waals surface area contributed by atoms with Gasteiger partial charge in [-0.25, -0.2) is 14.4 Å². The molecule has 4 rings (SSSR count). The van der Waals surface area contributed by atoms with Crippen molar-refractivity contribution in [2.75, 3.05) is 38.5 Å². The van der Waals surface area contributed by atoms with Crippen LogP contribution in [0.4, 0.5) is 16.0 Å². The maximum absolute atomic E-state index is 13.0. The van der Waals surface area contributed by atoms with Crippen molar-refractivity contribution in [2.24, 2.45) is 0 Å². The first-order chi connectivity index (χ1) is 16.0. The number of rotatable bonds is 7. The fourth-order valence-electron chi connectivity index (χ4n) is 3.39. The van der Waals surface area contributed by atoms with Crippen LogP contribution in [-0.2, 0) is 4.74 Å². The van der Waals surface area contributed by atoms with Crippen molar-refractivity contribution in [1.29, 1.82) is 0 Å². The summed E-state index contributed by atoms with van der Waals surface area (Å²) < 4.78 is 25.2. The number of halogens is 2. The van der Waals surface area contributed by atoms with E-state index in [9.17, 15) is 9.18 Å². The summed E-state index contributed by atoms with van der Waals surface area (Å²) in [6.07, 6.45) is 5.05. The van der Waals surface area contributed by atoms with Crippen LogP contribution >= 0.6 is 11.6 Å². The lowest BCUT2D eigenvalue weighted by molar-refractivity contribution is 0.0299. The lowest BCUT2D eigenvalue weighted by Gasteiger charge is -2.27. The number of alkyl halides is 1. The normalized spacial score (nSPS) is 13.9. The van der Waals surface area contributed by atoms with E-state index in [1.165, 1.54) is 6.20 Å². The molecule has 0 atom stereocenters. The molecule has 0 radical (unpaired) electrons. The summed E-state index contributed by atoms with van der Waals surface area (Å²) in [6, 6.07) is 5.02. The molecule has 1 aliphatic rings. The average Bonchev–Trinajstić information content (AvgIpc) is 3.31. The number of carbonyl (C=O) groups excluding carboxylic acids is 1. The van der Waals surface area contributed by atoms with Gasteiger partial charge in [0.05, 0.1) is 41.9 Å². The zero-order valence-electron chi connectivity index (χ0n) is 18.3. The van der Waals surface area contributed by atoms with E-state index in [4.69, 9.17) is 21.1 Å². The van der Waals surface area contributed by atoms with Crippen LogP contribution in [0.1, 0.15) is 30.2 Å². The second kappa shape index (κ2) is 10.1. The molecule has 9 nitrogen and oxygen atoms in total. The molecule has 1 amide bonds. The highest BCUT2D eigenvalue weighted by atomic mass is 35.5. The Labute approximate surface area is 195 Å². The van der Waals surface area contributed by atoms with Crippen LogP contribution in [0.3, 0.4) is 0 Å². The molecule has 1 N–H and O–H groups in total. The van der Waals surface area contributed by atoms with Crippen LogP contribution < -0.4 is 10.1 Å². The van der Waals surface area contributed by atoms with Crippen molar-refractivity contribution in [1.82, 2.24) is 24.6 Å². The van der Waals surface area contributed by atoms with Crippen LogP contribution in [-0.4, -0.2) is 63.7 Å². The maximum Gasteiger partial charge on any atom is 0.257 e. The standard InChI is InChI=1S/C22H24ClFN6O3/c1-14(2)30-12-15(10-26-30)20-18(23)11-25-22(28-20)27-16-3-4-17(19(9-16)33-13-24)21(31)29-5-7-32-8-6-29/h3-4,9-12,14H,5-8,13H2,1-2H3,(H,25,27,28). The van der Waals surface area contributed by atoms with Gasteiger partial charge in [-0.1, -0.05) is 11.6 Å². The Morgan fingerprint density at radius 3 is 2.79 bits per heavy atom. The predicted molar refractivity (Wildman–Crippen MR) is 122 cm³/mol. The first-order valence-corrected chi connectivity index (χ1v) is 10.9. The van der Waals surface area contributed by atoms with E-state index in [1.54, 1.807) is 29.3 Å². The minimum atomic E-state index is -1.06. The lowest BCUT2D eigenvalue weighted by Crippen LogP contribution is -2.40. The van der Waals surface area contributed by atoms with Gasteiger partial charge in [0.25, 0.3) is 5.91 Å². The molecule has 174 valence electrons. The zero-order valence-corrected chi connectivity index (χ0v) is 19.0. The Kier molecular flexibility index (Phi) is 7.05. The smallest absolute Gasteiger partial charge is 0.257 e. The number of hydrogen-bond acceptors (Lipinski definition) is 7. The molecule has 0 aliphatic carbocycles. The quantitative estimate of drug-likeness (QED) is 0.551. The first kappa shape index (κ1) is 22.9. The van der Waals surface area contributed by atoms with Crippen molar-refractivity contribution in [2.45, 2.75) is 19.9 Å². The van der Waals surface area contributed by atoms with Crippen LogP contribution in [0.2, 0.25) is 5.02 Å². The molecule has 1 aromatic carbocycles. The lowest BCUT2D eigenvalue weighted by atomic mass is 10.1. The SMILES string of the molecule is CC(C)n1cc(-c2nc(Nc3ccc(C(=O)N4CCOCC4)c(OCF)c3)ncc2Cl)cn1. The Balaban J connectivity index is 1.58. The molecule has 3 heterocycles. The third kappa shape index (κ3) is 5.23. The molecule has 0 saturated carbocycles. The summed E-state index contributed by atoms with van der Waals surface area (Å²) in [4.78, 5) is 23.2. The van der Waals surface area contributed by atoms with Gasteiger partial charge in [-0.3, -0.25) is 9.48 Å². The van der Waals surface area contributed by atoms with E-state index in [1.807, 2.05) is 24.7 Å². The van der Waals surface area contributed by atoms with Crippen molar-refractivity contribution >= 4 is 29.1 Å². The minimum Gasteiger partial charge on any atom is -0.462 e. The number of hydrogen-bond donors (Lipinski definition) is 1. The molecule has 0 unspecified atom stereocenters. The number of aromatic nitrogens is 4. The molecular weight excluding hydrogens is 451 g/mol. The number of amides is 1. The Hall–Kier alpha value is -3.24. The molecule has 1 aliphatic heterocycles. The van der Waals surface area contributed by atoms with Crippen LogP contribution in [0, 0.1) is 0 Å². The molecule has 2 aromatic heterocycles. The van der Waals surface area contributed by atoms with E-state index >= 15 is 0 Å². The average molecular weight is 475 g/mol. The highest BCUT2D eigenvalue weighted by molar-refractivity contribution is 6.32. The Morgan fingerprint density at radius 1 is 1.30 bits per heavy atom. The molecule has 33 heavy (non-hydrogen) atoms. The van der Waals surface area contributed by atoms with Gasteiger partial charge in [0.1, 0.15) is 5.75 Å². The van der Waals surface area contributed by atoms with Crippen molar-refractivity contribution < 1.29 is 18.7 Å². The van der Waals surface area contributed by atoms with Crippen LogP contribution in [0.15, 0.2) is 36.8 Å². The van der Waals surface area contributed by atoms with Gasteiger partial charge in [-0.2, -0.15) is 5.10 Å². The molecule has 0 bridgehead atoms. The number of carbonyl (C=O) groups is 1. The Morgan fingerprint density at radius 2 is 2.09 bits per heavy atom. The van der Waals surface area contributed by atoms with Gasteiger partial charge >= 0.3 is 0 Å². The summed E-state index contributed by atoms with van der Waals surface area (Å²) in [5.74, 6) is 0.178. The number of nitrogens with one attached hydrogen (secondary N) is 1. The van der Waals surface area contributed by atoms with Crippen molar-refractivity contribution in [3.05, 3.63) is 47.4 Å². The van der Waals surface area contributed by atoms with Gasteiger partial charge in [0.2, 0.25) is 12.8 Å². The van der Waals surface area contributed by atoms with E-state index in [-0.39, 0.29) is 29.2 Å². The molecule has 0 spiro atoms. The highest BCUT2D eigenvalue weighted by Gasteiger charge is 2.22. The molecule has 3 aromatic rings. The molecule has 1 fully saturated rings. The number of ether oxygens (including phenoxy) is 2. The highest BCUT2D eigenvalue weighted by Crippen LogP contribution is 2.29. The van der Waals surface area contributed by atoms with Crippen molar-refractivity contribution in [3.8, 4) is 17.0 Å². The number of nitrogens with zero attached hydrogens (tertiary/aromatic N) is 5. The van der Waals surface area contributed by atoms with Gasteiger partial charge in [0, 0.05) is 42.6 Å². The van der Waals surface area contributed by atoms with E-state index in [0.29, 0.717) is 42.7 Å². The summed E-state index contributed by atoms with van der Waals surface area (Å²) in [7, 11) is 0. The molecule has 1 saturated heterocycles. The Bertz CT molecular complexity index is 1130. The molecular formula is C22H24ClFN6O3. The number of anilines is 2. The van der Waals surface area contributed by atoms with Gasteiger partial charge in [-0.15, -0.1) is 0 Å². The zero-order chi connectivity index (χ0) is 23.4. The summed E-state index contributed by atoms with van der Waals surface area (Å²) >= 11 is 6.32. The topological polar surface area (TPSA) is 94.4 Å². The maximum atomic E-state index is 13.0.